The molecule has 0 fully saturated rings. The van der Waals surface area contributed by atoms with Crippen molar-refractivity contribution in [2.24, 2.45) is 0 Å². The summed E-state index contributed by atoms with van der Waals surface area (Å²) in [4.78, 5) is 10.5. The van der Waals surface area contributed by atoms with Gasteiger partial charge in [0, 0.05) is 27.5 Å². The second kappa shape index (κ2) is 14.3. The second-order valence-electron chi connectivity index (χ2n) is 13.8. The molecule has 3 nitrogen and oxygen atoms in total. The van der Waals surface area contributed by atoms with Crippen LogP contribution < -0.4 is 20.7 Å². The molecule has 0 bridgehead atoms. The van der Waals surface area contributed by atoms with Gasteiger partial charge in [0.15, 0.2) is 13.9 Å². The van der Waals surface area contributed by atoms with Gasteiger partial charge in [-0.2, -0.15) is 0 Å². The highest BCUT2D eigenvalue weighted by Gasteiger charge is 2.41. The molecule has 4 heteroatoms. The molecular weight excluding hydrogens is 695 g/mol. The van der Waals surface area contributed by atoms with Gasteiger partial charge < -0.3 is 4.57 Å². The summed E-state index contributed by atoms with van der Waals surface area (Å²) in [5, 5.41) is 5.63. The van der Waals surface area contributed by atoms with E-state index in [1.807, 2.05) is 121 Å². The van der Waals surface area contributed by atoms with E-state index < -0.39 is 8.07 Å². The fourth-order valence-electron chi connectivity index (χ4n) is 8.15. The lowest BCUT2D eigenvalue weighted by molar-refractivity contribution is 1.14. The van der Waals surface area contributed by atoms with Crippen molar-refractivity contribution in [3.05, 3.63) is 224 Å². The number of rotatable bonds is 8. The summed E-state index contributed by atoms with van der Waals surface area (Å²) < 4.78 is 41.3. The van der Waals surface area contributed by atoms with Gasteiger partial charge in [-0.1, -0.05) is 194 Å². The van der Waals surface area contributed by atoms with Crippen molar-refractivity contribution in [3.63, 3.8) is 0 Å². The Morgan fingerprint density at radius 3 is 1.46 bits per heavy atom. The summed E-state index contributed by atoms with van der Waals surface area (Å²) in [6, 6.07) is 66.3. The lowest BCUT2D eigenvalue weighted by Crippen LogP contribution is -2.74. The summed E-state index contributed by atoms with van der Waals surface area (Å²) in [5.41, 5.74) is 5.75. The first-order valence-corrected chi connectivity index (χ1v) is 20.8. The standard InChI is InChI=1S/C52H37N3Si/c1-5-20-38(21-6-1)47-37-48(54-52(53-47)46-32-15-18-35-51(46)55-49-33-16-13-30-44(49)45-31-14-17-34-50(45)55)39-22-19-29-43(36-39)56(40-23-7-2-8-24-40,41-25-9-3-10-26-41)42-27-11-4-12-28-42/h1-37H/i19D,22D,29D,36D. The number of aromatic nitrogens is 3. The molecule has 10 rings (SSSR count). The van der Waals surface area contributed by atoms with E-state index in [9.17, 15) is 5.48 Å². The normalized spacial score (nSPS) is 12.6. The average Bonchev–Trinajstić information content (AvgIpc) is 3.65. The van der Waals surface area contributed by atoms with Gasteiger partial charge >= 0.3 is 0 Å². The van der Waals surface area contributed by atoms with Crippen molar-refractivity contribution in [2.75, 3.05) is 0 Å². The van der Waals surface area contributed by atoms with Crippen LogP contribution in [0.1, 0.15) is 5.48 Å². The number of hydrogen-bond donors (Lipinski definition) is 0. The zero-order valence-corrected chi connectivity index (χ0v) is 31.4. The van der Waals surface area contributed by atoms with Crippen LogP contribution >= 0.6 is 0 Å². The zero-order valence-electron chi connectivity index (χ0n) is 34.4. The SMILES string of the molecule is [2H]c1c([2H])c(-c2cc(-c3ccccc3)nc(-c3ccccc3-n3c4ccccc4c4ccccc43)n2)c([2H])c([Si](c2ccccc2)(c2ccccc2)c2ccccc2)c1[2H]. The number of hydrogen-bond acceptors (Lipinski definition) is 2. The molecule has 0 radical (unpaired) electrons. The molecule has 0 atom stereocenters. The third-order valence-electron chi connectivity index (χ3n) is 10.6. The highest BCUT2D eigenvalue weighted by atomic mass is 28.3. The van der Waals surface area contributed by atoms with Crippen LogP contribution in [0.3, 0.4) is 0 Å². The van der Waals surface area contributed by atoms with Gasteiger partial charge in [0.05, 0.1) is 33.6 Å². The maximum atomic E-state index is 10.3. The van der Waals surface area contributed by atoms with E-state index in [1.165, 1.54) is 0 Å². The molecule has 0 unspecified atom stereocenters. The van der Waals surface area contributed by atoms with Gasteiger partial charge in [0.2, 0.25) is 0 Å². The average molecular weight is 736 g/mol. The molecule has 56 heavy (non-hydrogen) atoms. The van der Waals surface area contributed by atoms with Crippen molar-refractivity contribution < 1.29 is 5.48 Å². The minimum Gasteiger partial charge on any atom is -0.309 e. The van der Waals surface area contributed by atoms with Crippen molar-refractivity contribution in [1.29, 1.82) is 0 Å². The van der Waals surface area contributed by atoms with Crippen molar-refractivity contribution in [1.82, 2.24) is 14.5 Å². The molecule has 0 N–H and O–H groups in total. The van der Waals surface area contributed by atoms with Crippen LogP contribution in [0.2, 0.25) is 0 Å². The smallest absolute Gasteiger partial charge is 0.179 e. The predicted octanol–water partition coefficient (Wildman–Crippen LogP) is 9.95. The molecule has 0 aliphatic heterocycles. The highest BCUT2D eigenvalue weighted by molar-refractivity contribution is 7.19. The molecule has 0 amide bonds. The first-order valence-electron chi connectivity index (χ1n) is 20.8. The molecule has 0 aliphatic carbocycles. The van der Waals surface area contributed by atoms with E-state index in [4.69, 9.17) is 9.97 Å². The molecule has 0 saturated carbocycles. The fraction of sp³-hybridized carbons (Fsp3) is 0. The molecule has 264 valence electrons. The first-order chi connectivity index (χ1) is 29.5. The Kier molecular flexibility index (Phi) is 7.44. The number of para-hydroxylation sites is 3. The molecule has 10 aromatic rings. The molecule has 0 spiro atoms. The van der Waals surface area contributed by atoms with Crippen LogP contribution in [0.25, 0.3) is 61.4 Å². The van der Waals surface area contributed by atoms with Crippen molar-refractivity contribution in [2.45, 2.75) is 0 Å². The van der Waals surface area contributed by atoms with E-state index in [0.717, 1.165) is 54.2 Å². The monoisotopic (exact) mass is 735 g/mol. The van der Waals surface area contributed by atoms with Gasteiger partial charge in [-0.05, 0) is 51.1 Å². The topological polar surface area (TPSA) is 30.7 Å². The molecule has 2 aromatic heterocycles. The maximum Gasteiger partial charge on any atom is 0.179 e. The van der Waals surface area contributed by atoms with Gasteiger partial charge in [0.1, 0.15) is 0 Å². The Labute approximate surface area is 333 Å². The van der Waals surface area contributed by atoms with E-state index >= 15 is 0 Å². The lowest BCUT2D eigenvalue weighted by Gasteiger charge is -2.34. The minimum atomic E-state index is -3.49. The third kappa shape index (κ3) is 5.67. The summed E-state index contributed by atoms with van der Waals surface area (Å²) in [7, 11) is -3.49. The summed E-state index contributed by atoms with van der Waals surface area (Å²) >= 11 is 0. The van der Waals surface area contributed by atoms with E-state index in [-0.39, 0.29) is 29.7 Å². The van der Waals surface area contributed by atoms with Gasteiger partial charge in [-0.15, -0.1) is 0 Å². The van der Waals surface area contributed by atoms with Gasteiger partial charge in [-0.25, -0.2) is 9.97 Å². The quantitative estimate of drug-likeness (QED) is 0.115. The molecule has 0 saturated heterocycles. The summed E-state index contributed by atoms with van der Waals surface area (Å²) in [5.74, 6) is 0.420. The second-order valence-corrected chi connectivity index (χ2v) is 17.5. The van der Waals surface area contributed by atoms with E-state index in [2.05, 4.69) is 83.4 Å². The van der Waals surface area contributed by atoms with E-state index in [0.29, 0.717) is 22.4 Å². The Hall–Kier alpha value is -7.14. The Morgan fingerprint density at radius 1 is 0.429 bits per heavy atom. The maximum absolute atomic E-state index is 10.3. The van der Waals surface area contributed by atoms with E-state index in [1.54, 1.807) is 0 Å². The summed E-state index contributed by atoms with van der Waals surface area (Å²) in [6.07, 6.45) is 0. The number of fused-ring (bicyclic) bond motifs is 3. The van der Waals surface area contributed by atoms with Crippen molar-refractivity contribution in [3.8, 4) is 39.6 Å². The Morgan fingerprint density at radius 2 is 0.893 bits per heavy atom. The molecular formula is C52H37N3Si. The highest BCUT2D eigenvalue weighted by Crippen LogP contribution is 2.36. The van der Waals surface area contributed by atoms with Gasteiger partial charge in [-0.3, -0.25) is 0 Å². The number of benzene rings is 8. The van der Waals surface area contributed by atoms with Crippen LogP contribution in [0.5, 0.6) is 0 Å². The zero-order chi connectivity index (χ0) is 40.8. The van der Waals surface area contributed by atoms with Crippen LogP contribution in [0.15, 0.2) is 224 Å². The van der Waals surface area contributed by atoms with Gasteiger partial charge in [0.25, 0.3) is 0 Å². The van der Waals surface area contributed by atoms with Crippen LogP contribution in [-0.4, -0.2) is 22.6 Å². The molecule has 8 aromatic carbocycles. The lowest BCUT2D eigenvalue weighted by atomic mass is 10.1. The third-order valence-corrected chi connectivity index (χ3v) is 15.2. The van der Waals surface area contributed by atoms with Crippen molar-refractivity contribution >= 4 is 50.6 Å². The minimum absolute atomic E-state index is 0.0172. The Bertz CT molecular complexity index is 3040. The summed E-state index contributed by atoms with van der Waals surface area (Å²) in [6.45, 7) is 0. The molecule has 0 aliphatic rings. The van der Waals surface area contributed by atoms with Crippen LogP contribution in [0, 0.1) is 0 Å². The fourth-order valence-corrected chi connectivity index (χ4v) is 12.7. The Balaban J connectivity index is 1.29. The predicted molar refractivity (Wildman–Crippen MR) is 236 cm³/mol. The van der Waals surface area contributed by atoms with Crippen LogP contribution in [-0.2, 0) is 0 Å². The largest absolute Gasteiger partial charge is 0.309 e. The first kappa shape index (κ1) is 29.2. The number of nitrogens with zero attached hydrogens (tertiary/aromatic N) is 3. The van der Waals surface area contributed by atoms with Crippen LogP contribution in [0.4, 0.5) is 0 Å². The molecule has 2 heterocycles.